The van der Waals surface area contributed by atoms with Gasteiger partial charge in [0.1, 0.15) is 5.03 Å². The maximum absolute atomic E-state index is 4.27. The molecular formula is C13H13NS2. The van der Waals surface area contributed by atoms with Crippen LogP contribution < -0.4 is 0 Å². The Morgan fingerprint density at radius 3 is 2.50 bits per heavy atom. The van der Waals surface area contributed by atoms with E-state index in [0.717, 1.165) is 17.2 Å². The molecule has 0 aliphatic heterocycles. The molecule has 1 aromatic carbocycles. The first-order chi connectivity index (χ1) is 7.95. The van der Waals surface area contributed by atoms with Crippen molar-refractivity contribution < 1.29 is 0 Å². The highest BCUT2D eigenvalue weighted by Crippen LogP contribution is 2.29. The second-order valence-electron chi connectivity index (χ2n) is 3.31. The Balaban J connectivity index is 1.70. The van der Waals surface area contributed by atoms with Crippen LogP contribution >= 0.6 is 21.6 Å². The van der Waals surface area contributed by atoms with E-state index in [1.54, 1.807) is 10.8 Å². The topological polar surface area (TPSA) is 12.9 Å². The minimum absolute atomic E-state index is 1.08. The number of hydrogen-bond acceptors (Lipinski definition) is 3. The highest BCUT2D eigenvalue weighted by molar-refractivity contribution is 8.76. The van der Waals surface area contributed by atoms with Crippen LogP contribution in [0.4, 0.5) is 0 Å². The molecule has 1 aromatic heterocycles. The fourth-order valence-electron chi connectivity index (χ4n) is 1.30. The SMILES string of the molecule is c1ccc(CCSSc2ccccn2)cc1. The van der Waals surface area contributed by atoms with Crippen LogP contribution in [0.2, 0.25) is 0 Å². The number of rotatable bonds is 5. The maximum Gasteiger partial charge on any atom is 0.106 e. The van der Waals surface area contributed by atoms with E-state index in [0.29, 0.717) is 0 Å². The highest BCUT2D eigenvalue weighted by Gasteiger charge is 1.96. The highest BCUT2D eigenvalue weighted by atomic mass is 33.1. The minimum Gasteiger partial charge on any atom is -0.249 e. The van der Waals surface area contributed by atoms with Gasteiger partial charge >= 0.3 is 0 Å². The molecule has 0 unspecified atom stereocenters. The summed E-state index contributed by atoms with van der Waals surface area (Å²) in [5.74, 6) is 1.12. The van der Waals surface area contributed by atoms with Crippen LogP contribution in [0.1, 0.15) is 5.56 Å². The van der Waals surface area contributed by atoms with Crippen molar-refractivity contribution in [2.24, 2.45) is 0 Å². The molecule has 82 valence electrons. The molecule has 2 aromatic rings. The summed E-state index contributed by atoms with van der Waals surface area (Å²) in [5.41, 5.74) is 1.40. The number of pyridine rings is 1. The van der Waals surface area contributed by atoms with Gasteiger partial charge in [-0.25, -0.2) is 4.98 Å². The van der Waals surface area contributed by atoms with Gasteiger partial charge in [0.05, 0.1) is 0 Å². The average molecular weight is 247 g/mol. The quantitative estimate of drug-likeness (QED) is 0.584. The first-order valence-electron chi connectivity index (χ1n) is 5.19. The van der Waals surface area contributed by atoms with E-state index in [1.165, 1.54) is 5.56 Å². The van der Waals surface area contributed by atoms with Crippen LogP contribution in [-0.2, 0) is 6.42 Å². The van der Waals surface area contributed by atoms with Crippen LogP contribution in [0.3, 0.4) is 0 Å². The van der Waals surface area contributed by atoms with Gasteiger partial charge in [-0.2, -0.15) is 0 Å². The van der Waals surface area contributed by atoms with E-state index < -0.39 is 0 Å². The second-order valence-corrected chi connectivity index (χ2v) is 5.74. The molecule has 0 atom stereocenters. The van der Waals surface area contributed by atoms with E-state index in [2.05, 4.69) is 35.3 Å². The van der Waals surface area contributed by atoms with Crippen LogP contribution in [0.25, 0.3) is 0 Å². The summed E-state index contributed by atoms with van der Waals surface area (Å²) in [6.45, 7) is 0. The second kappa shape index (κ2) is 6.61. The lowest BCUT2D eigenvalue weighted by Gasteiger charge is -2.00. The summed E-state index contributed by atoms with van der Waals surface area (Å²) < 4.78 is 0. The lowest BCUT2D eigenvalue weighted by atomic mass is 10.2. The molecule has 2 rings (SSSR count). The monoisotopic (exact) mass is 247 g/mol. The van der Waals surface area contributed by atoms with Crippen molar-refractivity contribution in [1.29, 1.82) is 0 Å². The normalized spacial score (nSPS) is 10.2. The van der Waals surface area contributed by atoms with Gasteiger partial charge < -0.3 is 0 Å². The molecule has 0 saturated carbocycles. The van der Waals surface area contributed by atoms with Gasteiger partial charge in [0.15, 0.2) is 0 Å². The largest absolute Gasteiger partial charge is 0.249 e. The predicted molar refractivity (Wildman–Crippen MR) is 72.7 cm³/mol. The standard InChI is InChI=1S/C13H13NS2/c1-2-6-12(7-3-1)9-11-15-16-13-8-4-5-10-14-13/h1-8,10H,9,11H2. The lowest BCUT2D eigenvalue weighted by molar-refractivity contribution is 1.14. The zero-order chi connectivity index (χ0) is 11.1. The minimum atomic E-state index is 1.08. The molecule has 0 N–H and O–H groups in total. The molecule has 3 heteroatoms. The summed E-state index contributed by atoms with van der Waals surface area (Å²) >= 11 is 0. The molecule has 0 saturated heterocycles. The number of aryl methyl sites for hydroxylation is 1. The number of hydrogen-bond donors (Lipinski definition) is 0. The summed E-state index contributed by atoms with van der Waals surface area (Å²) in [6, 6.07) is 16.6. The van der Waals surface area contributed by atoms with Gasteiger partial charge in [0.25, 0.3) is 0 Å². The average Bonchev–Trinajstić information content (AvgIpc) is 2.37. The summed E-state index contributed by atoms with van der Waals surface area (Å²) in [6.07, 6.45) is 2.95. The molecule has 0 spiro atoms. The van der Waals surface area contributed by atoms with Crippen molar-refractivity contribution in [3.63, 3.8) is 0 Å². The van der Waals surface area contributed by atoms with E-state index in [9.17, 15) is 0 Å². The van der Waals surface area contributed by atoms with Gasteiger partial charge in [-0.15, -0.1) is 0 Å². The molecule has 1 heterocycles. The maximum atomic E-state index is 4.27. The molecule has 16 heavy (non-hydrogen) atoms. The molecule has 0 aliphatic carbocycles. The van der Waals surface area contributed by atoms with Crippen molar-refractivity contribution in [2.75, 3.05) is 5.75 Å². The Bertz CT molecular complexity index is 361. The van der Waals surface area contributed by atoms with Crippen molar-refractivity contribution in [2.45, 2.75) is 11.4 Å². The summed E-state index contributed by atoms with van der Waals surface area (Å²) in [5, 5.41) is 1.08. The van der Waals surface area contributed by atoms with Crippen LogP contribution in [0.5, 0.6) is 0 Å². The first kappa shape index (κ1) is 11.6. The Hall–Kier alpha value is -0.930. The Labute approximate surface area is 104 Å². The Kier molecular flexibility index (Phi) is 4.77. The van der Waals surface area contributed by atoms with Gasteiger partial charge in [-0.05, 0) is 34.9 Å². The summed E-state index contributed by atoms with van der Waals surface area (Å²) in [7, 11) is 3.60. The van der Waals surface area contributed by atoms with E-state index in [4.69, 9.17) is 0 Å². The molecule has 0 radical (unpaired) electrons. The summed E-state index contributed by atoms with van der Waals surface area (Å²) in [4.78, 5) is 4.27. The van der Waals surface area contributed by atoms with E-state index in [-0.39, 0.29) is 0 Å². The molecular weight excluding hydrogens is 234 g/mol. The van der Waals surface area contributed by atoms with Crippen molar-refractivity contribution in [1.82, 2.24) is 4.98 Å². The molecule has 1 nitrogen and oxygen atoms in total. The third kappa shape index (κ3) is 3.91. The number of aromatic nitrogens is 1. The fraction of sp³-hybridized carbons (Fsp3) is 0.154. The van der Waals surface area contributed by atoms with Crippen LogP contribution in [-0.4, -0.2) is 10.7 Å². The zero-order valence-electron chi connectivity index (χ0n) is 8.87. The Morgan fingerprint density at radius 1 is 0.938 bits per heavy atom. The lowest BCUT2D eigenvalue weighted by Crippen LogP contribution is -1.85. The van der Waals surface area contributed by atoms with Crippen LogP contribution in [0.15, 0.2) is 59.8 Å². The fourth-order valence-corrected chi connectivity index (χ4v) is 3.22. The van der Waals surface area contributed by atoms with Crippen molar-refractivity contribution in [3.05, 3.63) is 60.3 Å². The van der Waals surface area contributed by atoms with Gasteiger partial charge in [0, 0.05) is 11.9 Å². The van der Waals surface area contributed by atoms with E-state index in [1.807, 2.05) is 35.2 Å². The van der Waals surface area contributed by atoms with Crippen molar-refractivity contribution >= 4 is 21.6 Å². The molecule has 0 aliphatic rings. The predicted octanol–water partition coefficient (Wildman–Crippen LogP) is 4.06. The molecule has 0 fully saturated rings. The third-order valence-corrected chi connectivity index (χ3v) is 4.37. The van der Waals surface area contributed by atoms with E-state index >= 15 is 0 Å². The van der Waals surface area contributed by atoms with Crippen LogP contribution in [0, 0.1) is 0 Å². The molecule has 0 bridgehead atoms. The first-order valence-corrected chi connectivity index (χ1v) is 7.51. The Morgan fingerprint density at radius 2 is 1.75 bits per heavy atom. The number of benzene rings is 1. The van der Waals surface area contributed by atoms with Gasteiger partial charge in [-0.3, -0.25) is 0 Å². The molecule has 0 amide bonds. The third-order valence-electron chi connectivity index (χ3n) is 2.10. The smallest absolute Gasteiger partial charge is 0.106 e. The zero-order valence-corrected chi connectivity index (χ0v) is 10.5. The van der Waals surface area contributed by atoms with Crippen molar-refractivity contribution in [3.8, 4) is 0 Å². The van der Waals surface area contributed by atoms with Gasteiger partial charge in [-0.1, -0.05) is 47.2 Å². The number of nitrogens with zero attached hydrogens (tertiary/aromatic N) is 1. The van der Waals surface area contributed by atoms with Gasteiger partial charge in [0.2, 0.25) is 0 Å².